The molecule has 1 aromatic heterocycles. The molecular formula is C22H25N3O2. The normalized spacial score (nSPS) is 17.3. The van der Waals surface area contributed by atoms with Gasteiger partial charge in [0.1, 0.15) is 5.82 Å². The Kier molecular flexibility index (Phi) is 5.49. The first-order valence-electron chi connectivity index (χ1n) is 9.65. The quantitative estimate of drug-likeness (QED) is 0.731. The van der Waals surface area contributed by atoms with Gasteiger partial charge in [0.15, 0.2) is 0 Å². The number of benzene rings is 2. The fourth-order valence-electron chi connectivity index (χ4n) is 3.60. The van der Waals surface area contributed by atoms with Crippen molar-refractivity contribution in [3.63, 3.8) is 0 Å². The summed E-state index contributed by atoms with van der Waals surface area (Å²) in [7, 11) is 0. The van der Waals surface area contributed by atoms with Crippen molar-refractivity contribution >= 4 is 16.9 Å². The number of nitrogens with zero attached hydrogens (tertiary/aromatic N) is 2. The van der Waals surface area contributed by atoms with Crippen molar-refractivity contribution in [2.24, 2.45) is 0 Å². The third-order valence-corrected chi connectivity index (χ3v) is 5.10. The van der Waals surface area contributed by atoms with E-state index in [0.717, 1.165) is 29.7 Å². The minimum atomic E-state index is 0.120. The number of hydrogen-bond acceptors (Lipinski definition) is 3. The van der Waals surface area contributed by atoms with Gasteiger partial charge in [-0.1, -0.05) is 42.5 Å². The number of hydrogen-bond donors (Lipinski definition) is 1. The molecule has 0 radical (unpaired) electrons. The second-order valence-corrected chi connectivity index (χ2v) is 7.06. The number of aryl methyl sites for hydroxylation is 2. The Labute approximate surface area is 159 Å². The molecule has 0 saturated carbocycles. The molecule has 0 spiro atoms. The van der Waals surface area contributed by atoms with Gasteiger partial charge in [-0.25, -0.2) is 4.98 Å². The summed E-state index contributed by atoms with van der Waals surface area (Å²) in [6.45, 7) is 1.99. The minimum Gasteiger partial charge on any atom is -0.375 e. The number of rotatable bonds is 6. The Balaban J connectivity index is 1.27. The van der Waals surface area contributed by atoms with Crippen LogP contribution in [0.3, 0.4) is 0 Å². The Morgan fingerprint density at radius 1 is 1.11 bits per heavy atom. The molecule has 0 aliphatic carbocycles. The summed E-state index contributed by atoms with van der Waals surface area (Å²) in [6, 6.07) is 18.4. The fraction of sp³-hybridized carbons (Fsp3) is 0.364. The number of para-hydroxylation sites is 2. The highest BCUT2D eigenvalue weighted by molar-refractivity contribution is 5.77. The number of carbonyl (C=O) groups excluding carboxylic acids is 1. The summed E-state index contributed by atoms with van der Waals surface area (Å²) in [4.78, 5) is 22.4. The first kappa shape index (κ1) is 17.7. The van der Waals surface area contributed by atoms with E-state index in [0.29, 0.717) is 32.5 Å². The van der Waals surface area contributed by atoms with Crippen molar-refractivity contribution < 1.29 is 9.53 Å². The number of imidazole rings is 1. The summed E-state index contributed by atoms with van der Waals surface area (Å²) in [5, 5.41) is 0. The van der Waals surface area contributed by atoms with E-state index in [1.165, 1.54) is 5.56 Å². The average molecular weight is 363 g/mol. The summed E-state index contributed by atoms with van der Waals surface area (Å²) in [5.74, 6) is 1.06. The largest absolute Gasteiger partial charge is 0.375 e. The topological polar surface area (TPSA) is 58.2 Å². The Bertz CT molecular complexity index is 858. The van der Waals surface area contributed by atoms with E-state index in [1.54, 1.807) is 0 Å². The van der Waals surface area contributed by atoms with Gasteiger partial charge >= 0.3 is 0 Å². The number of morpholine rings is 1. The van der Waals surface area contributed by atoms with Gasteiger partial charge in [0.2, 0.25) is 5.91 Å². The smallest absolute Gasteiger partial charge is 0.223 e. The van der Waals surface area contributed by atoms with E-state index in [2.05, 4.69) is 34.2 Å². The molecule has 0 bridgehead atoms. The molecule has 1 aliphatic rings. The van der Waals surface area contributed by atoms with Gasteiger partial charge in [-0.15, -0.1) is 0 Å². The van der Waals surface area contributed by atoms with Crippen molar-refractivity contribution in [3.8, 4) is 0 Å². The zero-order valence-corrected chi connectivity index (χ0v) is 15.4. The predicted molar refractivity (Wildman–Crippen MR) is 105 cm³/mol. The van der Waals surface area contributed by atoms with Crippen molar-refractivity contribution in [1.82, 2.24) is 14.9 Å². The van der Waals surface area contributed by atoms with Gasteiger partial charge in [0.25, 0.3) is 0 Å². The van der Waals surface area contributed by atoms with E-state index in [-0.39, 0.29) is 12.0 Å². The summed E-state index contributed by atoms with van der Waals surface area (Å²) in [6.07, 6.45) is 3.16. The molecule has 2 aromatic carbocycles. The zero-order valence-electron chi connectivity index (χ0n) is 15.4. The number of nitrogens with one attached hydrogen (secondary N) is 1. The molecule has 2 heterocycles. The van der Waals surface area contributed by atoms with Crippen LogP contribution in [0.4, 0.5) is 0 Å². The van der Waals surface area contributed by atoms with Gasteiger partial charge in [-0.05, 0) is 30.5 Å². The second-order valence-electron chi connectivity index (χ2n) is 7.06. The lowest BCUT2D eigenvalue weighted by atomic mass is 10.1. The fourth-order valence-corrected chi connectivity index (χ4v) is 3.60. The first-order chi connectivity index (χ1) is 13.3. The Morgan fingerprint density at radius 3 is 2.78 bits per heavy atom. The summed E-state index contributed by atoms with van der Waals surface area (Å²) < 4.78 is 5.87. The second kappa shape index (κ2) is 8.35. The van der Waals surface area contributed by atoms with Crippen LogP contribution in [0.15, 0.2) is 54.6 Å². The van der Waals surface area contributed by atoms with Crippen LogP contribution in [-0.4, -0.2) is 46.6 Å². The molecule has 1 fully saturated rings. The van der Waals surface area contributed by atoms with Gasteiger partial charge < -0.3 is 14.6 Å². The highest BCUT2D eigenvalue weighted by atomic mass is 16.5. The molecule has 4 rings (SSSR count). The van der Waals surface area contributed by atoms with Gasteiger partial charge in [0.05, 0.1) is 23.7 Å². The van der Waals surface area contributed by atoms with Gasteiger partial charge in [-0.2, -0.15) is 0 Å². The number of aromatic amines is 1. The molecule has 140 valence electrons. The zero-order chi connectivity index (χ0) is 18.5. The molecule has 1 amide bonds. The summed E-state index contributed by atoms with van der Waals surface area (Å²) >= 11 is 0. The third kappa shape index (κ3) is 4.55. The lowest BCUT2D eigenvalue weighted by molar-refractivity contribution is -0.138. The molecule has 1 N–H and O–H groups in total. The molecule has 5 heteroatoms. The maximum Gasteiger partial charge on any atom is 0.223 e. The monoisotopic (exact) mass is 363 g/mol. The van der Waals surface area contributed by atoms with E-state index >= 15 is 0 Å². The van der Waals surface area contributed by atoms with E-state index in [9.17, 15) is 4.79 Å². The van der Waals surface area contributed by atoms with E-state index in [4.69, 9.17) is 4.74 Å². The number of H-pyrrole nitrogens is 1. The van der Waals surface area contributed by atoms with Crippen molar-refractivity contribution in [2.45, 2.75) is 31.8 Å². The van der Waals surface area contributed by atoms with E-state index in [1.807, 2.05) is 35.2 Å². The lowest BCUT2D eigenvalue weighted by Crippen LogP contribution is -2.45. The molecule has 5 nitrogen and oxygen atoms in total. The lowest BCUT2D eigenvalue weighted by Gasteiger charge is -2.33. The third-order valence-electron chi connectivity index (χ3n) is 5.10. The molecule has 1 atom stereocenters. The first-order valence-corrected chi connectivity index (χ1v) is 9.65. The maximum absolute atomic E-state index is 12.6. The van der Waals surface area contributed by atoms with Crippen molar-refractivity contribution in [3.05, 3.63) is 66.0 Å². The van der Waals surface area contributed by atoms with Crippen molar-refractivity contribution in [2.75, 3.05) is 19.7 Å². The van der Waals surface area contributed by atoms with Crippen LogP contribution >= 0.6 is 0 Å². The standard InChI is InChI=1S/C22H25N3O2/c26-22(13-12-21-23-19-8-4-5-9-20(19)24-21)25-14-15-27-18(16-25)11-10-17-6-2-1-3-7-17/h1-9,18H,10-16H2,(H,23,24). The van der Waals surface area contributed by atoms with E-state index < -0.39 is 0 Å². The molecule has 1 saturated heterocycles. The minimum absolute atomic E-state index is 0.120. The average Bonchev–Trinajstić information content (AvgIpc) is 3.14. The van der Waals surface area contributed by atoms with Crippen molar-refractivity contribution in [1.29, 1.82) is 0 Å². The SMILES string of the molecule is O=C(CCc1nc2ccccc2[nH]1)N1CCOC(CCc2ccccc2)C1. The number of fused-ring (bicyclic) bond motifs is 1. The molecular weight excluding hydrogens is 338 g/mol. The molecule has 1 unspecified atom stereocenters. The van der Waals surface area contributed by atoms with Crippen LogP contribution in [0.5, 0.6) is 0 Å². The van der Waals surface area contributed by atoms with Crippen LogP contribution in [0.25, 0.3) is 11.0 Å². The van der Waals surface area contributed by atoms with Crippen LogP contribution in [0.1, 0.15) is 24.2 Å². The van der Waals surface area contributed by atoms with Gasteiger partial charge in [0, 0.05) is 25.9 Å². The Morgan fingerprint density at radius 2 is 1.93 bits per heavy atom. The van der Waals surface area contributed by atoms with Gasteiger partial charge in [-0.3, -0.25) is 4.79 Å². The number of carbonyl (C=O) groups is 1. The maximum atomic E-state index is 12.6. The number of amides is 1. The molecule has 1 aliphatic heterocycles. The van der Waals surface area contributed by atoms with Crippen LogP contribution in [-0.2, 0) is 22.4 Å². The van der Waals surface area contributed by atoms with Crippen LogP contribution in [0, 0.1) is 0 Å². The highest BCUT2D eigenvalue weighted by Crippen LogP contribution is 2.15. The molecule has 3 aromatic rings. The van der Waals surface area contributed by atoms with Crippen LogP contribution in [0.2, 0.25) is 0 Å². The predicted octanol–water partition coefficient (Wildman–Crippen LogP) is 3.36. The van der Waals surface area contributed by atoms with Crippen LogP contribution < -0.4 is 0 Å². The highest BCUT2D eigenvalue weighted by Gasteiger charge is 2.24. The Hall–Kier alpha value is -2.66. The molecule has 27 heavy (non-hydrogen) atoms. The summed E-state index contributed by atoms with van der Waals surface area (Å²) in [5.41, 5.74) is 3.29. The number of ether oxygens (including phenoxy) is 1. The number of aromatic nitrogens is 2.